The van der Waals surface area contributed by atoms with E-state index >= 15 is 0 Å². The van der Waals surface area contributed by atoms with Crippen molar-refractivity contribution in [1.29, 1.82) is 0 Å². The number of rotatable bonds is 3. The standard InChI is InChI=1S/C21H22N2S/c1-15-7-9-18(10-8-15)20-22-23-21(24-20)19-13-11-17(12-14-19)16-5-3-2-4-6-16/h7-14,16H,2-6H2,1H3. The number of aromatic nitrogens is 2. The van der Waals surface area contributed by atoms with E-state index in [9.17, 15) is 0 Å². The van der Waals surface area contributed by atoms with Gasteiger partial charge in [-0.2, -0.15) is 0 Å². The highest BCUT2D eigenvalue weighted by atomic mass is 32.1. The van der Waals surface area contributed by atoms with E-state index in [1.165, 1.54) is 48.8 Å². The largest absolute Gasteiger partial charge is 0.148 e. The first kappa shape index (κ1) is 15.5. The quantitative estimate of drug-likeness (QED) is 0.567. The van der Waals surface area contributed by atoms with Crippen molar-refractivity contribution in [2.24, 2.45) is 0 Å². The van der Waals surface area contributed by atoms with Crippen molar-refractivity contribution in [3.05, 3.63) is 59.7 Å². The summed E-state index contributed by atoms with van der Waals surface area (Å²) in [5, 5.41) is 10.8. The van der Waals surface area contributed by atoms with Crippen LogP contribution in [0.15, 0.2) is 48.5 Å². The monoisotopic (exact) mass is 334 g/mol. The first-order valence-corrected chi connectivity index (χ1v) is 9.62. The molecule has 0 aliphatic heterocycles. The summed E-state index contributed by atoms with van der Waals surface area (Å²) in [6.45, 7) is 2.10. The highest BCUT2D eigenvalue weighted by Crippen LogP contribution is 2.35. The molecule has 3 aromatic rings. The average molecular weight is 334 g/mol. The van der Waals surface area contributed by atoms with Gasteiger partial charge in [-0.3, -0.25) is 0 Å². The van der Waals surface area contributed by atoms with Gasteiger partial charge in [-0.25, -0.2) is 0 Å². The van der Waals surface area contributed by atoms with Gasteiger partial charge in [-0.05, 0) is 31.2 Å². The van der Waals surface area contributed by atoms with Gasteiger partial charge in [-0.1, -0.05) is 84.7 Å². The zero-order chi connectivity index (χ0) is 16.4. The van der Waals surface area contributed by atoms with E-state index in [4.69, 9.17) is 0 Å². The molecule has 0 unspecified atom stereocenters. The molecule has 0 N–H and O–H groups in total. The predicted molar refractivity (Wildman–Crippen MR) is 101 cm³/mol. The number of aryl methyl sites for hydroxylation is 1. The van der Waals surface area contributed by atoms with Crippen LogP contribution in [0, 0.1) is 6.92 Å². The molecule has 1 aliphatic carbocycles. The maximum atomic E-state index is 4.40. The molecule has 1 saturated carbocycles. The van der Waals surface area contributed by atoms with Crippen molar-refractivity contribution in [2.45, 2.75) is 44.9 Å². The van der Waals surface area contributed by atoms with Crippen molar-refractivity contribution in [1.82, 2.24) is 10.2 Å². The lowest BCUT2D eigenvalue weighted by molar-refractivity contribution is 0.443. The Hall–Kier alpha value is -2.00. The molecule has 3 heteroatoms. The number of hydrogen-bond donors (Lipinski definition) is 0. The Labute approximate surface area is 147 Å². The van der Waals surface area contributed by atoms with E-state index < -0.39 is 0 Å². The van der Waals surface area contributed by atoms with Gasteiger partial charge in [0.25, 0.3) is 0 Å². The molecule has 122 valence electrons. The fraction of sp³-hybridized carbons (Fsp3) is 0.333. The fourth-order valence-electron chi connectivity index (χ4n) is 3.49. The molecule has 1 aromatic heterocycles. The van der Waals surface area contributed by atoms with Gasteiger partial charge in [0.15, 0.2) is 0 Å². The van der Waals surface area contributed by atoms with Crippen molar-refractivity contribution in [3.63, 3.8) is 0 Å². The van der Waals surface area contributed by atoms with Crippen LogP contribution in [0.3, 0.4) is 0 Å². The van der Waals surface area contributed by atoms with Crippen molar-refractivity contribution in [3.8, 4) is 21.1 Å². The van der Waals surface area contributed by atoms with E-state index in [-0.39, 0.29) is 0 Å². The van der Waals surface area contributed by atoms with E-state index in [0.29, 0.717) is 0 Å². The molecule has 0 amide bonds. The van der Waals surface area contributed by atoms with E-state index in [1.54, 1.807) is 11.3 Å². The van der Waals surface area contributed by atoms with E-state index in [1.807, 2.05) is 0 Å². The Bertz CT molecular complexity index is 797. The SMILES string of the molecule is Cc1ccc(-c2nnc(-c3ccc(C4CCCCC4)cc3)s2)cc1. The summed E-state index contributed by atoms with van der Waals surface area (Å²) < 4.78 is 0. The smallest absolute Gasteiger partial charge is 0.138 e. The topological polar surface area (TPSA) is 25.8 Å². The van der Waals surface area contributed by atoms with Crippen LogP contribution in [0.5, 0.6) is 0 Å². The molecule has 0 spiro atoms. The van der Waals surface area contributed by atoms with Gasteiger partial charge < -0.3 is 0 Å². The fourth-order valence-corrected chi connectivity index (χ4v) is 4.34. The second-order valence-corrected chi connectivity index (χ2v) is 7.71. The van der Waals surface area contributed by atoms with Crippen molar-refractivity contribution < 1.29 is 0 Å². The highest BCUT2D eigenvalue weighted by molar-refractivity contribution is 7.17. The molecular formula is C21H22N2S. The minimum absolute atomic E-state index is 0.755. The van der Waals surface area contributed by atoms with Gasteiger partial charge in [0.2, 0.25) is 0 Å². The van der Waals surface area contributed by atoms with Crippen molar-refractivity contribution in [2.75, 3.05) is 0 Å². The molecule has 2 nitrogen and oxygen atoms in total. The van der Waals surface area contributed by atoms with Crippen LogP contribution in [-0.4, -0.2) is 10.2 Å². The van der Waals surface area contributed by atoms with Gasteiger partial charge in [-0.15, -0.1) is 10.2 Å². The predicted octanol–water partition coefficient (Wildman–Crippen LogP) is 6.23. The van der Waals surface area contributed by atoms with Crippen LogP contribution in [0.25, 0.3) is 21.1 Å². The third-order valence-electron chi connectivity index (χ3n) is 4.96. The maximum Gasteiger partial charge on any atom is 0.148 e. The lowest BCUT2D eigenvalue weighted by Gasteiger charge is -2.21. The Morgan fingerprint density at radius 1 is 0.750 bits per heavy atom. The maximum absolute atomic E-state index is 4.40. The van der Waals surface area contributed by atoms with Crippen LogP contribution < -0.4 is 0 Å². The first-order valence-electron chi connectivity index (χ1n) is 8.80. The third-order valence-corrected chi connectivity index (χ3v) is 5.98. The summed E-state index contributed by atoms with van der Waals surface area (Å²) >= 11 is 1.66. The third kappa shape index (κ3) is 3.27. The Balaban J connectivity index is 1.54. The Kier molecular flexibility index (Phi) is 4.44. The summed E-state index contributed by atoms with van der Waals surface area (Å²) in [5.41, 5.74) is 5.07. The molecule has 0 radical (unpaired) electrons. The van der Waals surface area contributed by atoms with E-state index in [0.717, 1.165) is 21.5 Å². The zero-order valence-corrected chi connectivity index (χ0v) is 14.9. The average Bonchev–Trinajstić information content (AvgIpc) is 3.13. The molecule has 0 bridgehead atoms. The van der Waals surface area contributed by atoms with Crippen LogP contribution in [-0.2, 0) is 0 Å². The minimum atomic E-state index is 0.755. The van der Waals surface area contributed by atoms with Gasteiger partial charge >= 0.3 is 0 Å². The molecule has 0 saturated heterocycles. The molecule has 1 heterocycles. The molecule has 2 aromatic carbocycles. The molecule has 1 aliphatic rings. The summed E-state index contributed by atoms with van der Waals surface area (Å²) in [6, 6.07) is 17.5. The molecule has 1 fully saturated rings. The molecular weight excluding hydrogens is 312 g/mol. The summed E-state index contributed by atoms with van der Waals surface area (Å²) in [5.74, 6) is 0.755. The lowest BCUT2D eigenvalue weighted by atomic mass is 9.84. The molecule has 4 rings (SSSR count). The van der Waals surface area contributed by atoms with Gasteiger partial charge in [0.1, 0.15) is 10.0 Å². The van der Waals surface area contributed by atoms with E-state index in [2.05, 4.69) is 65.7 Å². The first-order chi connectivity index (χ1) is 11.8. The number of hydrogen-bond acceptors (Lipinski definition) is 3. The second kappa shape index (κ2) is 6.86. The van der Waals surface area contributed by atoms with Gasteiger partial charge in [0, 0.05) is 11.1 Å². The number of benzene rings is 2. The van der Waals surface area contributed by atoms with Crippen LogP contribution in [0.1, 0.15) is 49.1 Å². The summed E-state index contributed by atoms with van der Waals surface area (Å²) in [6.07, 6.45) is 6.85. The van der Waals surface area contributed by atoms with Gasteiger partial charge in [0.05, 0.1) is 0 Å². The van der Waals surface area contributed by atoms with Crippen LogP contribution in [0.4, 0.5) is 0 Å². The summed E-state index contributed by atoms with van der Waals surface area (Å²) in [7, 11) is 0. The molecule has 24 heavy (non-hydrogen) atoms. The molecule has 0 atom stereocenters. The number of nitrogens with zero attached hydrogens (tertiary/aromatic N) is 2. The minimum Gasteiger partial charge on any atom is -0.138 e. The normalized spacial score (nSPS) is 15.5. The van der Waals surface area contributed by atoms with Crippen LogP contribution in [0.2, 0.25) is 0 Å². The van der Waals surface area contributed by atoms with Crippen LogP contribution >= 0.6 is 11.3 Å². The Morgan fingerprint density at radius 2 is 1.29 bits per heavy atom. The highest BCUT2D eigenvalue weighted by Gasteiger charge is 2.16. The van der Waals surface area contributed by atoms with Crippen molar-refractivity contribution >= 4 is 11.3 Å². The zero-order valence-electron chi connectivity index (χ0n) is 14.0. The summed E-state index contributed by atoms with van der Waals surface area (Å²) in [4.78, 5) is 0. The Morgan fingerprint density at radius 3 is 1.88 bits per heavy atom. The second-order valence-electron chi connectivity index (χ2n) is 6.74. The lowest BCUT2D eigenvalue weighted by Crippen LogP contribution is -2.04.